The predicted molar refractivity (Wildman–Crippen MR) is 132 cm³/mol. The molecule has 0 aromatic rings. The first-order valence-electron chi connectivity index (χ1n) is 12.0. The van der Waals surface area contributed by atoms with E-state index in [1.54, 1.807) is 20.8 Å². The molecule has 12 nitrogen and oxygen atoms in total. The highest BCUT2D eigenvalue weighted by atomic mass is 16.2. The Bertz CT molecular complexity index is 858. The first-order valence-corrected chi connectivity index (χ1v) is 12.0. The van der Waals surface area contributed by atoms with Gasteiger partial charge >= 0.3 is 0 Å². The zero-order valence-corrected chi connectivity index (χ0v) is 22.6. The lowest BCUT2D eigenvalue weighted by Gasteiger charge is -2.22. The Morgan fingerprint density at radius 3 is 1.03 bits per heavy atom. The smallest absolute Gasteiger partial charge is 0.242 e. The summed E-state index contributed by atoms with van der Waals surface area (Å²) in [5.74, 6) is -3.93. The third kappa shape index (κ3) is 11.4. The summed E-state index contributed by atoms with van der Waals surface area (Å²) in [5.41, 5.74) is 0. The van der Waals surface area contributed by atoms with Crippen molar-refractivity contribution in [3.05, 3.63) is 0 Å². The van der Waals surface area contributed by atoms with Gasteiger partial charge in [-0.1, -0.05) is 20.8 Å². The van der Waals surface area contributed by atoms with Crippen molar-refractivity contribution < 1.29 is 33.6 Å². The van der Waals surface area contributed by atoms with E-state index >= 15 is 0 Å². The van der Waals surface area contributed by atoms with Gasteiger partial charge in [-0.25, -0.2) is 0 Å². The lowest BCUT2D eigenvalue weighted by molar-refractivity contribution is -0.134. The molecule has 0 aliphatic carbocycles. The third-order valence-electron chi connectivity index (χ3n) is 5.58. The number of amides is 5. The Labute approximate surface area is 212 Å². The van der Waals surface area contributed by atoms with E-state index in [4.69, 9.17) is 0 Å². The van der Waals surface area contributed by atoms with Crippen LogP contribution in [0.15, 0.2) is 0 Å². The molecule has 12 heteroatoms. The molecule has 0 saturated heterocycles. The molecule has 0 rings (SSSR count). The highest BCUT2D eigenvalue weighted by molar-refractivity contribution is 5.96. The number of carbonyl (C=O) groups is 7. The molecule has 0 heterocycles. The van der Waals surface area contributed by atoms with Crippen LogP contribution in [0.5, 0.6) is 0 Å². The van der Waals surface area contributed by atoms with Crippen molar-refractivity contribution in [1.29, 1.82) is 0 Å². The molecule has 0 aromatic carbocycles. The topological polar surface area (TPSA) is 180 Å². The number of hydrogen-bond donors (Lipinski definition) is 5. The quantitative estimate of drug-likeness (QED) is 0.205. The Balaban J connectivity index is 4.71. The molecule has 0 aliphatic rings. The van der Waals surface area contributed by atoms with E-state index in [1.165, 1.54) is 41.5 Å². The zero-order valence-electron chi connectivity index (χ0n) is 22.6. The Morgan fingerprint density at radius 1 is 0.472 bits per heavy atom. The molecule has 0 aromatic heterocycles. The second-order valence-corrected chi connectivity index (χ2v) is 9.49. The Kier molecular flexibility index (Phi) is 13.6. The predicted octanol–water partition coefficient (Wildman–Crippen LogP) is -0.650. The van der Waals surface area contributed by atoms with Crippen LogP contribution in [0.2, 0.25) is 0 Å². The minimum absolute atomic E-state index is 0.00180. The van der Waals surface area contributed by atoms with Crippen LogP contribution < -0.4 is 26.6 Å². The standard InChI is InChI=1S/C24H41N5O7/c1-11(2)20(32)26-14(5)22(34)28-16(7)24(36)29-17(8)23(35)27-15(6)21(33)25-13(4)19(31)10-12(3)18(9)30/h11-17H,10H2,1-9H3,(H,25,33)(H,26,32)(H,27,35)(H,28,34)(H,29,36)/t12?,13-,14-,15?,16?,17-/m0/s1. The molecule has 0 saturated carbocycles. The molecule has 5 N–H and O–H groups in total. The van der Waals surface area contributed by atoms with Crippen LogP contribution in [0.25, 0.3) is 0 Å². The van der Waals surface area contributed by atoms with Crippen LogP contribution in [0, 0.1) is 11.8 Å². The van der Waals surface area contributed by atoms with Crippen molar-refractivity contribution in [1.82, 2.24) is 26.6 Å². The maximum atomic E-state index is 12.4. The number of Topliss-reactive ketones (excluding diaryl/α,β-unsaturated/α-hetero) is 2. The molecule has 6 atom stereocenters. The fourth-order valence-electron chi connectivity index (χ4n) is 2.70. The lowest BCUT2D eigenvalue weighted by atomic mass is 9.98. The van der Waals surface area contributed by atoms with Crippen molar-refractivity contribution in [2.45, 2.75) is 98.9 Å². The van der Waals surface area contributed by atoms with Gasteiger partial charge in [-0.05, 0) is 41.5 Å². The average Bonchev–Trinajstić information content (AvgIpc) is 2.77. The Morgan fingerprint density at radius 2 is 0.750 bits per heavy atom. The molecule has 5 amide bonds. The largest absolute Gasteiger partial charge is 0.345 e. The molecule has 204 valence electrons. The van der Waals surface area contributed by atoms with Crippen molar-refractivity contribution in [2.75, 3.05) is 0 Å². The van der Waals surface area contributed by atoms with Crippen LogP contribution >= 0.6 is 0 Å². The van der Waals surface area contributed by atoms with Crippen molar-refractivity contribution in [2.24, 2.45) is 11.8 Å². The monoisotopic (exact) mass is 511 g/mol. The summed E-state index contributed by atoms with van der Waals surface area (Å²) in [6.45, 7) is 13.6. The fraction of sp³-hybridized carbons (Fsp3) is 0.708. The normalized spacial score (nSPS) is 15.8. The number of rotatable bonds is 14. The maximum Gasteiger partial charge on any atom is 0.242 e. The molecule has 0 radical (unpaired) electrons. The molecule has 0 spiro atoms. The second kappa shape index (κ2) is 14.9. The summed E-state index contributed by atoms with van der Waals surface area (Å²) >= 11 is 0. The van der Waals surface area contributed by atoms with Gasteiger partial charge < -0.3 is 26.6 Å². The van der Waals surface area contributed by atoms with E-state index in [2.05, 4.69) is 26.6 Å². The van der Waals surface area contributed by atoms with E-state index in [0.29, 0.717) is 0 Å². The molecular weight excluding hydrogens is 470 g/mol. The maximum absolute atomic E-state index is 12.4. The number of carbonyl (C=O) groups excluding carboxylic acids is 7. The van der Waals surface area contributed by atoms with E-state index in [0.717, 1.165) is 0 Å². The summed E-state index contributed by atoms with van der Waals surface area (Å²) in [5, 5.41) is 12.4. The van der Waals surface area contributed by atoms with Crippen molar-refractivity contribution in [3.8, 4) is 0 Å². The van der Waals surface area contributed by atoms with Crippen molar-refractivity contribution in [3.63, 3.8) is 0 Å². The van der Waals surface area contributed by atoms with Gasteiger partial charge in [0.2, 0.25) is 29.5 Å². The molecular formula is C24H41N5O7. The van der Waals surface area contributed by atoms with E-state index < -0.39 is 59.8 Å². The minimum atomic E-state index is -1.03. The van der Waals surface area contributed by atoms with Crippen LogP contribution in [0.4, 0.5) is 0 Å². The van der Waals surface area contributed by atoms with Crippen LogP contribution in [0.3, 0.4) is 0 Å². The molecule has 0 fully saturated rings. The first-order chi connectivity index (χ1) is 16.5. The van der Waals surface area contributed by atoms with Gasteiger partial charge in [0, 0.05) is 18.3 Å². The molecule has 0 bridgehead atoms. The second-order valence-electron chi connectivity index (χ2n) is 9.49. The van der Waals surface area contributed by atoms with Gasteiger partial charge in [-0.2, -0.15) is 0 Å². The highest BCUT2D eigenvalue weighted by Crippen LogP contribution is 2.06. The SMILES string of the molecule is CC(=O)C(C)CC(=O)[C@H](C)NC(=O)C(C)NC(=O)[C@H](C)NC(=O)C(C)NC(=O)[C@H](C)NC(=O)C(C)C. The summed E-state index contributed by atoms with van der Waals surface area (Å²) in [4.78, 5) is 84.6. The zero-order chi connectivity index (χ0) is 28.3. The third-order valence-corrected chi connectivity index (χ3v) is 5.58. The van der Waals surface area contributed by atoms with Gasteiger partial charge in [0.25, 0.3) is 0 Å². The summed E-state index contributed by atoms with van der Waals surface area (Å²) in [7, 11) is 0. The average molecular weight is 512 g/mol. The number of hydrogen-bond acceptors (Lipinski definition) is 7. The Hall–Kier alpha value is -3.31. The van der Waals surface area contributed by atoms with Gasteiger partial charge in [0.1, 0.15) is 30.0 Å². The van der Waals surface area contributed by atoms with Crippen LogP contribution in [-0.2, 0) is 33.6 Å². The van der Waals surface area contributed by atoms with Crippen LogP contribution in [0.1, 0.15) is 68.7 Å². The summed E-state index contributed by atoms with van der Waals surface area (Å²) in [6, 6.07) is -4.71. The summed E-state index contributed by atoms with van der Waals surface area (Å²) in [6.07, 6.45) is -0.00180. The van der Waals surface area contributed by atoms with Gasteiger partial charge in [0.15, 0.2) is 5.78 Å². The first kappa shape index (κ1) is 32.7. The van der Waals surface area contributed by atoms with Crippen molar-refractivity contribution >= 4 is 41.1 Å². The van der Waals surface area contributed by atoms with Gasteiger partial charge in [-0.15, -0.1) is 0 Å². The van der Waals surface area contributed by atoms with Gasteiger partial charge in [-0.3, -0.25) is 33.6 Å². The highest BCUT2D eigenvalue weighted by Gasteiger charge is 2.27. The number of ketones is 2. The fourth-order valence-corrected chi connectivity index (χ4v) is 2.70. The number of nitrogens with one attached hydrogen (secondary N) is 5. The van der Waals surface area contributed by atoms with Crippen LogP contribution in [-0.4, -0.2) is 71.3 Å². The lowest BCUT2D eigenvalue weighted by Crippen LogP contribution is -2.56. The molecule has 0 aliphatic heterocycles. The van der Waals surface area contributed by atoms with Gasteiger partial charge in [0.05, 0.1) is 6.04 Å². The minimum Gasteiger partial charge on any atom is -0.345 e. The van der Waals surface area contributed by atoms with E-state index in [9.17, 15) is 33.6 Å². The van der Waals surface area contributed by atoms with E-state index in [1.807, 2.05) is 0 Å². The summed E-state index contributed by atoms with van der Waals surface area (Å²) < 4.78 is 0. The van der Waals surface area contributed by atoms with E-state index in [-0.39, 0.29) is 29.8 Å². The molecule has 3 unspecified atom stereocenters. The molecule has 36 heavy (non-hydrogen) atoms.